The van der Waals surface area contributed by atoms with E-state index in [-0.39, 0.29) is 0 Å². The van der Waals surface area contributed by atoms with Gasteiger partial charge in [0.05, 0.1) is 17.7 Å². The Morgan fingerprint density at radius 2 is 2.14 bits per heavy atom. The maximum atomic E-state index is 5.61. The van der Waals surface area contributed by atoms with E-state index in [4.69, 9.17) is 5.73 Å². The van der Waals surface area contributed by atoms with Gasteiger partial charge >= 0.3 is 0 Å². The first kappa shape index (κ1) is 8.89. The second-order valence-electron chi connectivity index (χ2n) is 2.62. The van der Waals surface area contributed by atoms with E-state index in [0.717, 1.165) is 5.69 Å². The summed E-state index contributed by atoms with van der Waals surface area (Å²) in [6.45, 7) is 0.617. The van der Waals surface area contributed by atoms with Crippen LogP contribution in [0.5, 0.6) is 0 Å². The minimum absolute atomic E-state index is 0.405. The highest BCUT2D eigenvalue weighted by Gasteiger charge is 2.00. The minimum atomic E-state index is 0.405. The molecule has 0 atom stereocenters. The highest BCUT2D eigenvalue weighted by atomic mass is 32.1. The predicted octanol–water partition coefficient (Wildman–Crippen LogP) is 1.13. The minimum Gasteiger partial charge on any atom is -0.381 e. The Morgan fingerprint density at radius 3 is 2.86 bits per heavy atom. The molecule has 0 saturated carbocycles. The van der Waals surface area contributed by atoms with Crippen LogP contribution in [0.1, 0.15) is 5.69 Å². The molecule has 72 valence electrons. The smallest absolute Gasteiger partial charge is 0.169 e. The normalized spacial score (nSPS) is 10.0. The largest absolute Gasteiger partial charge is 0.381 e. The van der Waals surface area contributed by atoms with Gasteiger partial charge in [-0.05, 0) is 0 Å². The molecule has 3 N–H and O–H groups in total. The Morgan fingerprint density at radius 1 is 1.29 bits per heavy atom. The number of rotatable bonds is 3. The standard InChI is InChI=1S/C8H9N5S/c9-7-8(11-2-1-10-7)12-3-6-4-14-5-13-6/h1-2,4-5H,3H2,(H2,9,10)(H,11,12). The molecule has 0 aliphatic heterocycles. The Kier molecular flexibility index (Phi) is 2.55. The molecule has 0 amide bonds. The Labute approximate surface area is 85.0 Å². The van der Waals surface area contributed by atoms with Gasteiger partial charge in [-0.3, -0.25) is 0 Å². The molecule has 0 bridgehead atoms. The quantitative estimate of drug-likeness (QED) is 0.788. The number of aromatic nitrogens is 3. The molecule has 5 nitrogen and oxygen atoms in total. The molecule has 0 radical (unpaired) electrons. The van der Waals surface area contributed by atoms with Gasteiger partial charge in [-0.1, -0.05) is 0 Å². The van der Waals surface area contributed by atoms with Crippen molar-refractivity contribution < 1.29 is 0 Å². The van der Waals surface area contributed by atoms with E-state index < -0.39 is 0 Å². The molecule has 2 aromatic heterocycles. The number of thiazole rings is 1. The lowest BCUT2D eigenvalue weighted by atomic mass is 10.4. The fourth-order valence-corrected chi connectivity index (χ4v) is 1.54. The molecule has 0 aliphatic carbocycles. The summed E-state index contributed by atoms with van der Waals surface area (Å²) in [4.78, 5) is 12.1. The van der Waals surface area contributed by atoms with Crippen LogP contribution < -0.4 is 11.1 Å². The summed E-state index contributed by atoms with van der Waals surface area (Å²) in [5.41, 5.74) is 8.37. The summed E-state index contributed by atoms with van der Waals surface area (Å²) < 4.78 is 0. The number of nitrogens with two attached hydrogens (primary N) is 1. The molecule has 0 unspecified atom stereocenters. The second kappa shape index (κ2) is 4.01. The van der Waals surface area contributed by atoms with Gasteiger partial charge < -0.3 is 11.1 Å². The van der Waals surface area contributed by atoms with E-state index in [2.05, 4.69) is 20.3 Å². The fraction of sp³-hybridized carbons (Fsp3) is 0.125. The third kappa shape index (κ3) is 1.97. The van der Waals surface area contributed by atoms with E-state index in [1.54, 1.807) is 29.2 Å². The summed E-state index contributed by atoms with van der Waals surface area (Å²) >= 11 is 1.56. The van der Waals surface area contributed by atoms with Crippen LogP contribution in [0.2, 0.25) is 0 Å². The van der Waals surface area contributed by atoms with Crippen molar-refractivity contribution in [2.45, 2.75) is 6.54 Å². The van der Waals surface area contributed by atoms with Crippen molar-refractivity contribution in [2.24, 2.45) is 0 Å². The van der Waals surface area contributed by atoms with E-state index in [0.29, 0.717) is 18.2 Å². The number of nitrogens with zero attached hydrogens (tertiary/aromatic N) is 3. The number of hydrogen-bond donors (Lipinski definition) is 2. The highest BCUT2D eigenvalue weighted by molar-refractivity contribution is 7.07. The second-order valence-corrected chi connectivity index (χ2v) is 3.34. The van der Waals surface area contributed by atoms with Crippen LogP contribution in [0.4, 0.5) is 11.6 Å². The third-order valence-corrected chi connectivity index (χ3v) is 2.28. The van der Waals surface area contributed by atoms with Gasteiger partial charge in [-0.25, -0.2) is 15.0 Å². The lowest BCUT2D eigenvalue weighted by molar-refractivity contribution is 1.04. The van der Waals surface area contributed by atoms with Crippen molar-refractivity contribution >= 4 is 23.0 Å². The van der Waals surface area contributed by atoms with Crippen LogP contribution >= 0.6 is 11.3 Å². The Hall–Kier alpha value is -1.69. The highest BCUT2D eigenvalue weighted by Crippen LogP contribution is 2.11. The maximum Gasteiger partial charge on any atom is 0.169 e. The van der Waals surface area contributed by atoms with Gasteiger partial charge in [0.15, 0.2) is 11.6 Å². The Balaban J connectivity index is 2.02. The number of nitrogens with one attached hydrogen (secondary N) is 1. The van der Waals surface area contributed by atoms with Crippen LogP contribution in [-0.4, -0.2) is 15.0 Å². The molecule has 0 aromatic carbocycles. The SMILES string of the molecule is Nc1nccnc1NCc1cscn1. The average Bonchev–Trinajstić information content (AvgIpc) is 2.69. The van der Waals surface area contributed by atoms with Gasteiger partial charge in [-0.15, -0.1) is 11.3 Å². The first-order valence-electron chi connectivity index (χ1n) is 4.03. The zero-order valence-electron chi connectivity index (χ0n) is 7.34. The average molecular weight is 207 g/mol. The first-order chi connectivity index (χ1) is 6.86. The van der Waals surface area contributed by atoms with Crippen molar-refractivity contribution in [3.8, 4) is 0 Å². The van der Waals surface area contributed by atoms with E-state index in [1.807, 2.05) is 5.38 Å². The van der Waals surface area contributed by atoms with Gasteiger partial charge in [0.1, 0.15) is 0 Å². The predicted molar refractivity (Wildman–Crippen MR) is 55.9 cm³/mol. The number of anilines is 2. The lowest BCUT2D eigenvalue weighted by Gasteiger charge is -2.04. The number of nitrogen functional groups attached to an aromatic ring is 1. The molecular formula is C8H9N5S. The number of hydrogen-bond acceptors (Lipinski definition) is 6. The van der Waals surface area contributed by atoms with Gasteiger partial charge in [-0.2, -0.15) is 0 Å². The van der Waals surface area contributed by atoms with Gasteiger partial charge in [0, 0.05) is 17.8 Å². The topological polar surface area (TPSA) is 76.7 Å². The van der Waals surface area contributed by atoms with E-state index >= 15 is 0 Å². The molecule has 6 heteroatoms. The van der Waals surface area contributed by atoms with E-state index in [1.165, 1.54) is 0 Å². The van der Waals surface area contributed by atoms with E-state index in [9.17, 15) is 0 Å². The Bertz CT molecular complexity index is 400. The van der Waals surface area contributed by atoms with Crippen LogP contribution in [0.25, 0.3) is 0 Å². The summed E-state index contributed by atoms with van der Waals surface area (Å²) in [6.07, 6.45) is 3.16. The zero-order chi connectivity index (χ0) is 9.80. The maximum absolute atomic E-state index is 5.61. The van der Waals surface area contributed by atoms with Crippen molar-refractivity contribution in [1.82, 2.24) is 15.0 Å². The summed E-state index contributed by atoms with van der Waals surface area (Å²) in [7, 11) is 0. The zero-order valence-corrected chi connectivity index (χ0v) is 8.16. The summed E-state index contributed by atoms with van der Waals surface area (Å²) in [6, 6.07) is 0. The first-order valence-corrected chi connectivity index (χ1v) is 4.98. The van der Waals surface area contributed by atoms with Crippen LogP contribution in [0.3, 0.4) is 0 Å². The lowest BCUT2D eigenvalue weighted by Crippen LogP contribution is -2.05. The molecule has 14 heavy (non-hydrogen) atoms. The van der Waals surface area contributed by atoms with Gasteiger partial charge in [0.25, 0.3) is 0 Å². The molecule has 0 fully saturated rings. The molecule has 2 rings (SSSR count). The summed E-state index contributed by atoms with van der Waals surface area (Å²) in [5.74, 6) is 1.00. The monoisotopic (exact) mass is 207 g/mol. The van der Waals surface area contributed by atoms with Crippen molar-refractivity contribution in [3.05, 3.63) is 29.0 Å². The molecular weight excluding hydrogens is 198 g/mol. The molecule has 0 saturated heterocycles. The fourth-order valence-electron chi connectivity index (χ4n) is 0.984. The molecule has 2 heterocycles. The van der Waals surface area contributed by atoms with Crippen molar-refractivity contribution in [1.29, 1.82) is 0 Å². The van der Waals surface area contributed by atoms with Crippen LogP contribution in [-0.2, 0) is 6.54 Å². The van der Waals surface area contributed by atoms with Crippen molar-refractivity contribution in [3.63, 3.8) is 0 Å². The van der Waals surface area contributed by atoms with Gasteiger partial charge in [0.2, 0.25) is 0 Å². The van der Waals surface area contributed by atoms with Crippen LogP contribution in [0, 0.1) is 0 Å². The van der Waals surface area contributed by atoms with Crippen LogP contribution in [0.15, 0.2) is 23.3 Å². The molecule has 0 spiro atoms. The molecule has 0 aliphatic rings. The summed E-state index contributed by atoms with van der Waals surface area (Å²) in [5, 5.41) is 5.03. The van der Waals surface area contributed by atoms with Crippen molar-refractivity contribution in [2.75, 3.05) is 11.1 Å². The third-order valence-electron chi connectivity index (χ3n) is 1.65. The molecule has 2 aromatic rings.